The first kappa shape index (κ1) is 26.7. The Hall–Kier alpha value is -2.36. The van der Waals surface area contributed by atoms with E-state index in [0.717, 1.165) is 0 Å². The van der Waals surface area contributed by atoms with Crippen molar-refractivity contribution in [2.75, 3.05) is 26.3 Å². The van der Waals surface area contributed by atoms with Crippen molar-refractivity contribution < 1.29 is 33.8 Å². The maximum Gasteiger partial charge on any atom is 0.407 e. The zero-order valence-electron chi connectivity index (χ0n) is 19.2. The summed E-state index contributed by atoms with van der Waals surface area (Å²) in [6, 6.07) is -0.878. The zero-order valence-corrected chi connectivity index (χ0v) is 19.2. The molecule has 4 N–H and O–H groups in total. The van der Waals surface area contributed by atoms with Gasteiger partial charge in [-0.2, -0.15) is 0 Å². The summed E-state index contributed by atoms with van der Waals surface area (Å²) in [5.74, 6) is -3.00. The molecule has 0 radical (unpaired) electrons. The number of ether oxygens (including phenoxy) is 2. The van der Waals surface area contributed by atoms with Crippen LogP contribution in [0.5, 0.6) is 0 Å². The van der Waals surface area contributed by atoms with E-state index >= 15 is 0 Å². The Kier molecular flexibility index (Phi) is 10.7. The van der Waals surface area contributed by atoms with E-state index in [1.165, 1.54) is 0 Å². The van der Waals surface area contributed by atoms with E-state index in [1.807, 2.05) is 13.8 Å². The predicted molar refractivity (Wildman–Crippen MR) is 113 cm³/mol. The first-order valence-corrected chi connectivity index (χ1v) is 10.7. The van der Waals surface area contributed by atoms with Crippen molar-refractivity contribution in [3.63, 3.8) is 0 Å². The quantitative estimate of drug-likeness (QED) is 0.333. The van der Waals surface area contributed by atoms with E-state index in [4.69, 9.17) is 9.47 Å². The number of rotatable bonds is 12. The van der Waals surface area contributed by atoms with E-state index in [1.54, 1.807) is 20.8 Å². The molecule has 2 unspecified atom stereocenters. The monoisotopic (exact) mass is 443 g/mol. The number of carboxylic acids is 1. The molecule has 0 spiro atoms. The van der Waals surface area contributed by atoms with Crippen LogP contribution in [0.3, 0.4) is 0 Å². The van der Waals surface area contributed by atoms with Gasteiger partial charge in [-0.1, -0.05) is 13.8 Å². The van der Waals surface area contributed by atoms with Crippen molar-refractivity contribution in [2.45, 2.75) is 65.5 Å². The first-order chi connectivity index (χ1) is 14.4. The van der Waals surface area contributed by atoms with Gasteiger partial charge < -0.3 is 30.5 Å². The number of hydrogen-bond acceptors (Lipinski definition) is 6. The highest BCUT2D eigenvalue weighted by molar-refractivity contribution is 5.85. The van der Waals surface area contributed by atoms with Gasteiger partial charge in [0.05, 0.1) is 18.9 Å². The van der Waals surface area contributed by atoms with Crippen LogP contribution in [0.2, 0.25) is 0 Å². The number of alkyl carbamates (subject to hydrolysis) is 1. The average molecular weight is 444 g/mol. The Morgan fingerprint density at radius 3 is 2.45 bits per heavy atom. The third-order valence-electron chi connectivity index (χ3n) is 4.62. The third-order valence-corrected chi connectivity index (χ3v) is 4.62. The molecule has 1 heterocycles. The molecule has 1 aliphatic rings. The van der Waals surface area contributed by atoms with E-state index in [0.29, 0.717) is 32.1 Å². The molecule has 0 aliphatic carbocycles. The predicted octanol–water partition coefficient (Wildman–Crippen LogP) is 1.29. The molecule has 31 heavy (non-hydrogen) atoms. The van der Waals surface area contributed by atoms with Crippen molar-refractivity contribution in [3.8, 4) is 0 Å². The fourth-order valence-corrected chi connectivity index (χ4v) is 3.26. The molecule has 1 rings (SSSR count). The van der Waals surface area contributed by atoms with Crippen molar-refractivity contribution >= 4 is 23.9 Å². The third kappa shape index (κ3) is 11.0. The molecule has 1 fully saturated rings. The Bertz CT molecular complexity index is 631. The number of aliphatic carboxylic acids is 1. The topological polar surface area (TPSA) is 143 Å². The molecule has 0 bridgehead atoms. The number of nitrogens with one attached hydrogen (secondary N) is 3. The molecular formula is C21H37N3O7. The molecule has 0 aromatic carbocycles. The lowest BCUT2D eigenvalue weighted by atomic mass is 9.87. The van der Waals surface area contributed by atoms with Crippen LogP contribution in [-0.2, 0) is 23.9 Å². The summed E-state index contributed by atoms with van der Waals surface area (Å²) in [4.78, 5) is 48.7. The summed E-state index contributed by atoms with van der Waals surface area (Å²) in [5, 5.41) is 17.4. The van der Waals surface area contributed by atoms with Gasteiger partial charge >= 0.3 is 12.1 Å². The summed E-state index contributed by atoms with van der Waals surface area (Å²) < 4.78 is 10.7. The maximum absolute atomic E-state index is 12.8. The van der Waals surface area contributed by atoms with Crippen LogP contribution in [0, 0.1) is 17.8 Å². The molecule has 1 saturated heterocycles. The SMILES string of the molecule is CC(C)COCCNC(=O)C(CC(=O)O)C(C[C@@H]1CCNC1=O)NC(=O)OC(C)(C)C. The standard InChI is InChI=1S/C21H37N3O7/c1-13(2)12-30-9-8-23-19(28)15(11-17(25)26)16(10-14-6-7-22-18(14)27)24-20(29)31-21(3,4)5/h13-16H,6-12H2,1-5H3,(H,22,27)(H,23,28)(H,24,29)(H,25,26)/t14-,15?,16?/m0/s1. The highest BCUT2D eigenvalue weighted by atomic mass is 16.6. The Balaban J connectivity index is 2.90. The molecule has 1 aliphatic heterocycles. The van der Waals surface area contributed by atoms with Crippen molar-refractivity contribution in [1.82, 2.24) is 16.0 Å². The summed E-state index contributed by atoms with van der Waals surface area (Å²) in [5.41, 5.74) is -0.766. The first-order valence-electron chi connectivity index (χ1n) is 10.7. The number of hydrogen-bond donors (Lipinski definition) is 4. The van der Waals surface area contributed by atoms with Crippen LogP contribution in [0.15, 0.2) is 0 Å². The number of carboxylic acid groups (broad SMARTS) is 1. The van der Waals surface area contributed by atoms with E-state index in [2.05, 4.69) is 16.0 Å². The molecule has 178 valence electrons. The second-order valence-electron chi connectivity index (χ2n) is 9.23. The highest BCUT2D eigenvalue weighted by Gasteiger charge is 2.37. The molecule has 3 amide bonds. The number of carbonyl (C=O) groups excluding carboxylic acids is 3. The Labute approximate surface area is 183 Å². The molecule has 0 aromatic heterocycles. The summed E-state index contributed by atoms with van der Waals surface area (Å²) in [7, 11) is 0. The largest absolute Gasteiger partial charge is 0.481 e. The summed E-state index contributed by atoms with van der Waals surface area (Å²) in [6.45, 7) is 10.7. The second-order valence-corrected chi connectivity index (χ2v) is 9.23. The van der Waals surface area contributed by atoms with E-state index in [9.17, 15) is 24.3 Å². The minimum Gasteiger partial charge on any atom is -0.481 e. The van der Waals surface area contributed by atoms with Gasteiger partial charge in [0.2, 0.25) is 11.8 Å². The van der Waals surface area contributed by atoms with Gasteiger partial charge in [-0.05, 0) is 39.5 Å². The van der Waals surface area contributed by atoms with Crippen molar-refractivity contribution in [3.05, 3.63) is 0 Å². The van der Waals surface area contributed by atoms with Gasteiger partial charge in [0.1, 0.15) is 5.60 Å². The molecule has 10 heteroatoms. The lowest BCUT2D eigenvalue weighted by molar-refractivity contribution is -0.142. The van der Waals surface area contributed by atoms with Gasteiger partial charge in [-0.3, -0.25) is 14.4 Å². The Morgan fingerprint density at radius 1 is 1.26 bits per heavy atom. The maximum atomic E-state index is 12.8. The van der Waals surface area contributed by atoms with Crippen LogP contribution in [0.1, 0.15) is 53.9 Å². The molecule has 3 atom stereocenters. The van der Waals surface area contributed by atoms with Gasteiger partial charge in [0, 0.05) is 31.7 Å². The summed E-state index contributed by atoms with van der Waals surface area (Å²) in [6.07, 6.45) is -0.566. The van der Waals surface area contributed by atoms with Gasteiger partial charge in [-0.25, -0.2) is 4.79 Å². The zero-order chi connectivity index (χ0) is 23.6. The number of amides is 3. The van der Waals surface area contributed by atoms with Gasteiger partial charge in [0.25, 0.3) is 0 Å². The van der Waals surface area contributed by atoms with Crippen molar-refractivity contribution in [2.24, 2.45) is 17.8 Å². The minimum absolute atomic E-state index is 0.139. The van der Waals surface area contributed by atoms with Gasteiger partial charge in [0.15, 0.2) is 0 Å². The second kappa shape index (κ2) is 12.5. The lowest BCUT2D eigenvalue weighted by Crippen LogP contribution is -2.50. The Morgan fingerprint density at radius 2 is 1.94 bits per heavy atom. The highest BCUT2D eigenvalue weighted by Crippen LogP contribution is 2.23. The summed E-state index contributed by atoms with van der Waals surface area (Å²) >= 11 is 0. The minimum atomic E-state index is -1.18. The van der Waals surface area contributed by atoms with E-state index in [-0.39, 0.29) is 18.9 Å². The van der Waals surface area contributed by atoms with Crippen LogP contribution >= 0.6 is 0 Å². The number of carbonyl (C=O) groups is 4. The fraction of sp³-hybridized carbons (Fsp3) is 0.810. The average Bonchev–Trinajstić information content (AvgIpc) is 3.01. The molecular weight excluding hydrogens is 406 g/mol. The fourth-order valence-electron chi connectivity index (χ4n) is 3.26. The van der Waals surface area contributed by atoms with Crippen LogP contribution < -0.4 is 16.0 Å². The van der Waals surface area contributed by atoms with E-state index < -0.39 is 47.9 Å². The van der Waals surface area contributed by atoms with Gasteiger partial charge in [-0.15, -0.1) is 0 Å². The van der Waals surface area contributed by atoms with Crippen LogP contribution in [0.25, 0.3) is 0 Å². The van der Waals surface area contributed by atoms with Crippen LogP contribution in [-0.4, -0.2) is 66.9 Å². The lowest BCUT2D eigenvalue weighted by Gasteiger charge is -2.29. The normalized spacial score (nSPS) is 18.3. The molecule has 0 aromatic rings. The smallest absolute Gasteiger partial charge is 0.407 e. The van der Waals surface area contributed by atoms with Crippen molar-refractivity contribution in [1.29, 1.82) is 0 Å². The molecule has 10 nitrogen and oxygen atoms in total. The van der Waals surface area contributed by atoms with Crippen LogP contribution in [0.4, 0.5) is 4.79 Å². The molecule has 0 saturated carbocycles.